The summed E-state index contributed by atoms with van der Waals surface area (Å²) < 4.78 is 0. The topological polar surface area (TPSA) is 81.5 Å². The highest BCUT2D eigenvalue weighted by molar-refractivity contribution is 6.02. The van der Waals surface area contributed by atoms with Crippen LogP contribution in [0.25, 0.3) is 5.57 Å². The SMILES string of the molecule is CCc1ccc(C2=CCCc3ccc(C(=O)N=C(N)N)cc32)cc1. The fourth-order valence-electron chi connectivity index (χ4n) is 3.04. The number of carbonyl (C=O) groups is 1. The number of hydrogen-bond acceptors (Lipinski definition) is 1. The second kappa shape index (κ2) is 6.71. The molecule has 0 heterocycles. The van der Waals surface area contributed by atoms with Gasteiger partial charge in [-0.3, -0.25) is 4.79 Å². The summed E-state index contributed by atoms with van der Waals surface area (Å²) in [5.41, 5.74) is 17.1. The van der Waals surface area contributed by atoms with Crippen LogP contribution < -0.4 is 11.5 Å². The van der Waals surface area contributed by atoms with Crippen LogP contribution >= 0.6 is 0 Å². The number of rotatable bonds is 3. The van der Waals surface area contributed by atoms with E-state index in [1.165, 1.54) is 22.3 Å². The Labute approximate surface area is 141 Å². The molecule has 0 fully saturated rings. The number of aryl methyl sites for hydroxylation is 2. The minimum absolute atomic E-state index is 0.219. The van der Waals surface area contributed by atoms with Gasteiger partial charge in [-0.15, -0.1) is 0 Å². The lowest BCUT2D eigenvalue weighted by atomic mass is 9.85. The monoisotopic (exact) mass is 319 g/mol. The van der Waals surface area contributed by atoms with Crippen LogP contribution in [0.5, 0.6) is 0 Å². The summed E-state index contributed by atoms with van der Waals surface area (Å²) in [6, 6.07) is 14.3. The van der Waals surface area contributed by atoms with Crippen LogP contribution in [0.3, 0.4) is 0 Å². The highest BCUT2D eigenvalue weighted by Crippen LogP contribution is 2.32. The molecule has 0 unspecified atom stereocenters. The van der Waals surface area contributed by atoms with Gasteiger partial charge >= 0.3 is 0 Å². The first-order valence-electron chi connectivity index (χ1n) is 8.15. The molecule has 0 atom stereocenters. The van der Waals surface area contributed by atoms with Crippen molar-refractivity contribution in [2.24, 2.45) is 16.5 Å². The van der Waals surface area contributed by atoms with Gasteiger partial charge in [-0.2, -0.15) is 4.99 Å². The van der Waals surface area contributed by atoms with Crippen molar-refractivity contribution in [2.75, 3.05) is 0 Å². The Morgan fingerprint density at radius 3 is 2.54 bits per heavy atom. The first kappa shape index (κ1) is 16.0. The van der Waals surface area contributed by atoms with Crippen molar-refractivity contribution < 1.29 is 4.79 Å². The number of hydrogen-bond donors (Lipinski definition) is 2. The number of allylic oxidation sites excluding steroid dienone is 1. The average Bonchev–Trinajstić information content (AvgIpc) is 2.60. The molecule has 0 saturated heterocycles. The molecule has 2 aromatic rings. The molecule has 0 spiro atoms. The predicted molar refractivity (Wildman–Crippen MR) is 97.8 cm³/mol. The largest absolute Gasteiger partial charge is 0.370 e. The van der Waals surface area contributed by atoms with Crippen molar-refractivity contribution in [3.8, 4) is 0 Å². The second-order valence-electron chi connectivity index (χ2n) is 5.92. The smallest absolute Gasteiger partial charge is 0.280 e. The van der Waals surface area contributed by atoms with E-state index in [4.69, 9.17) is 11.5 Å². The maximum Gasteiger partial charge on any atom is 0.280 e. The number of amides is 1. The normalized spacial score (nSPS) is 13.0. The number of guanidine groups is 1. The van der Waals surface area contributed by atoms with E-state index in [1.54, 1.807) is 6.07 Å². The van der Waals surface area contributed by atoms with Crippen LogP contribution in [0.15, 0.2) is 53.5 Å². The van der Waals surface area contributed by atoms with E-state index in [-0.39, 0.29) is 5.96 Å². The van der Waals surface area contributed by atoms with Crippen LogP contribution in [-0.4, -0.2) is 11.9 Å². The van der Waals surface area contributed by atoms with Crippen LogP contribution in [0.1, 0.15) is 46.0 Å². The number of aliphatic imine (C=N–C) groups is 1. The van der Waals surface area contributed by atoms with Crippen LogP contribution in [0.2, 0.25) is 0 Å². The third kappa shape index (κ3) is 3.23. The second-order valence-corrected chi connectivity index (χ2v) is 5.92. The molecular formula is C20H21N3O. The number of nitrogens with zero attached hydrogens (tertiary/aromatic N) is 1. The summed E-state index contributed by atoms with van der Waals surface area (Å²) in [6.07, 6.45) is 5.23. The van der Waals surface area contributed by atoms with Gasteiger partial charge in [0.15, 0.2) is 5.96 Å². The number of benzene rings is 2. The van der Waals surface area contributed by atoms with Crippen molar-refractivity contribution in [1.29, 1.82) is 0 Å². The molecule has 0 radical (unpaired) electrons. The van der Waals surface area contributed by atoms with Gasteiger partial charge in [0.1, 0.15) is 0 Å². The zero-order chi connectivity index (χ0) is 17.1. The number of nitrogens with two attached hydrogens (primary N) is 2. The minimum atomic E-state index is -0.413. The molecule has 4 heteroatoms. The van der Waals surface area contributed by atoms with Crippen LogP contribution in [0, 0.1) is 0 Å². The van der Waals surface area contributed by atoms with E-state index >= 15 is 0 Å². The van der Waals surface area contributed by atoms with E-state index in [0.29, 0.717) is 5.56 Å². The average molecular weight is 319 g/mol. The Balaban J connectivity index is 2.02. The maximum atomic E-state index is 12.1. The lowest BCUT2D eigenvalue weighted by molar-refractivity contribution is 0.100. The summed E-state index contributed by atoms with van der Waals surface area (Å²) in [5, 5.41) is 0. The fourth-order valence-corrected chi connectivity index (χ4v) is 3.04. The first-order valence-corrected chi connectivity index (χ1v) is 8.15. The third-order valence-corrected chi connectivity index (χ3v) is 4.31. The van der Waals surface area contributed by atoms with Gasteiger partial charge in [0.05, 0.1) is 0 Å². The molecule has 1 aliphatic carbocycles. The Hall–Kier alpha value is -2.88. The first-order chi connectivity index (χ1) is 11.6. The van der Waals surface area contributed by atoms with Crippen LogP contribution in [0.4, 0.5) is 0 Å². The van der Waals surface area contributed by atoms with Gasteiger partial charge in [0, 0.05) is 5.56 Å². The molecule has 2 aromatic carbocycles. The summed E-state index contributed by atoms with van der Waals surface area (Å²) >= 11 is 0. The van der Waals surface area contributed by atoms with Crippen molar-refractivity contribution in [3.63, 3.8) is 0 Å². The predicted octanol–water partition coefficient (Wildman–Crippen LogP) is 3.04. The third-order valence-electron chi connectivity index (χ3n) is 4.31. The van der Waals surface area contributed by atoms with Crippen LogP contribution in [-0.2, 0) is 12.8 Å². The summed E-state index contributed by atoms with van der Waals surface area (Å²) in [5.74, 6) is -0.632. The Bertz CT molecular complexity index is 828. The van der Waals surface area contributed by atoms with E-state index in [2.05, 4.69) is 42.3 Å². The highest BCUT2D eigenvalue weighted by Gasteiger charge is 2.16. The quantitative estimate of drug-likeness (QED) is 0.674. The molecule has 0 bridgehead atoms. The summed E-state index contributed by atoms with van der Waals surface area (Å²) in [7, 11) is 0. The molecule has 0 saturated carbocycles. The van der Waals surface area contributed by atoms with Crippen molar-refractivity contribution in [2.45, 2.75) is 26.2 Å². The molecule has 122 valence electrons. The Kier molecular flexibility index (Phi) is 4.47. The van der Waals surface area contributed by atoms with E-state index in [9.17, 15) is 4.79 Å². The lowest BCUT2D eigenvalue weighted by Crippen LogP contribution is -2.24. The Morgan fingerprint density at radius 2 is 1.88 bits per heavy atom. The van der Waals surface area contributed by atoms with Gasteiger partial charge in [0.2, 0.25) is 0 Å². The molecule has 1 amide bonds. The van der Waals surface area contributed by atoms with E-state index < -0.39 is 5.91 Å². The zero-order valence-corrected chi connectivity index (χ0v) is 13.8. The van der Waals surface area contributed by atoms with Gasteiger partial charge < -0.3 is 11.5 Å². The molecular weight excluding hydrogens is 298 g/mol. The molecule has 4 nitrogen and oxygen atoms in total. The molecule has 0 aromatic heterocycles. The highest BCUT2D eigenvalue weighted by atomic mass is 16.1. The summed E-state index contributed by atoms with van der Waals surface area (Å²) in [6.45, 7) is 2.14. The molecule has 3 rings (SSSR count). The van der Waals surface area contributed by atoms with Gasteiger partial charge in [0.25, 0.3) is 5.91 Å². The lowest BCUT2D eigenvalue weighted by Gasteiger charge is -2.19. The molecule has 1 aliphatic rings. The number of carbonyl (C=O) groups excluding carboxylic acids is 1. The van der Waals surface area contributed by atoms with Gasteiger partial charge in [-0.05, 0) is 59.2 Å². The summed E-state index contributed by atoms with van der Waals surface area (Å²) in [4.78, 5) is 15.7. The Morgan fingerprint density at radius 1 is 1.12 bits per heavy atom. The van der Waals surface area contributed by atoms with E-state index in [1.807, 2.05) is 12.1 Å². The van der Waals surface area contributed by atoms with Gasteiger partial charge in [-0.25, -0.2) is 0 Å². The molecule has 4 N–H and O–H groups in total. The van der Waals surface area contributed by atoms with E-state index in [0.717, 1.165) is 24.8 Å². The van der Waals surface area contributed by atoms with Gasteiger partial charge in [-0.1, -0.05) is 43.3 Å². The molecule has 0 aliphatic heterocycles. The fraction of sp³-hybridized carbons (Fsp3) is 0.200. The van der Waals surface area contributed by atoms with Crippen molar-refractivity contribution in [3.05, 3.63) is 76.4 Å². The minimum Gasteiger partial charge on any atom is -0.370 e. The standard InChI is InChI=1S/C20H21N3O/c1-2-13-6-8-15(9-7-13)17-5-3-4-14-10-11-16(12-18(14)17)19(24)23-20(21)22/h5-12H,2-4H2,1H3,(H4,21,22,23,24). The molecule has 24 heavy (non-hydrogen) atoms. The maximum absolute atomic E-state index is 12.1. The zero-order valence-electron chi connectivity index (χ0n) is 13.8. The van der Waals surface area contributed by atoms with Crippen molar-refractivity contribution >= 4 is 17.4 Å². The number of fused-ring (bicyclic) bond motifs is 1. The van der Waals surface area contributed by atoms with Crippen molar-refractivity contribution in [1.82, 2.24) is 0 Å².